The Labute approximate surface area is 197 Å². The number of hydrogen-bond acceptors (Lipinski definition) is 2. The van der Waals surface area contributed by atoms with Crippen LogP contribution < -0.4 is 0 Å². The van der Waals surface area contributed by atoms with E-state index in [4.69, 9.17) is 9.73 Å². The second-order valence-corrected chi connectivity index (χ2v) is 24.7. The molecule has 176 valence electrons. The van der Waals surface area contributed by atoms with Crippen molar-refractivity contribution in [1.29, 1.82) is 0 Å². The van der Waals surface area contributed by atoms with Gasteiger partial charge in [-0.25, -0.2) is 0 Å². The predicted molar refractivity (Wildman–Crippen MR) is 139 cm³/mol. The molecule has 3 rings (SSSR count). The zero-order chi connectivity index (χ0) is 22.6. The summed E-state index contributed by atoms with van der Waals surface area (Å²) in [5.74, 6) is 3.10. The topological polar surface area (TPSA) is 21.6 Å². The zero-order valence-electron chi connectivity index (χ0n) is 21.7. The molecule has 0 amide bonds. The van der Waals surface area contributed by atoms with E-state index in [1.807, 2.05) is 5.57 Å². The Hall–Kier alpha value is -0.251. The molecular weight excluding hydrogens is 485 g/mol. The normalized spacial score (nSPS) is 27.8. The molecule has 3 heteroatoms. The summed E-state index contributed by atoms with van der Waals surface area (Å²) in [7, 11) is 0. The summed E-state index contributed by atoms with van der Waals surface area (Å²) in [5.41, 5.74) is 3.20. The van der Waals surface area contributed by atoms with Crippen molar-refractivity contribution in [2.45, 2.75) is 119 Å². The van der Waals surface area contributed by atoms with Gasteiger partial charge in [0.05, 0.1) is 0 Å². The summed E-state index contributed by atoms with van der Waals surface area (Å²) >= 11 is -2.33. The summed E-state index contributed by atoms with van der Waals surface area (Å²) in [4.78, 5) is 4.94. The summed E-state index contributed by atoms with van der Waals surface area (Å²) in [5, 5.41) is 0. The van der Waals surface area contributed by atoms with E-state index in [1.165, 1.54) is 56.9 Å². The van der Waals surface area contributed by atoms with E-state index in [1.54, 1.807) is 13.3 Å². The molecule has 3 atom stereocenters. The third kappa shape index (κ3) is 5.46. The molecule has 0 unspecified atom stereocenters. The van der Waals surface area contributed by atoms with Crippen LogP contribution in [0.3, 0.4) is 0 Å². The van der Waals surface area contributed by atoms with Crippen molar-refractivity contribution in [2.75, 3.05) is 6.61 Å². The van der Waals surface area contributed by atoms with Crippen LogP contribution in [0, 0.1) is 17.8 Å². The Morgan fingerprint density at radius 1 is 1.03 bits per heavy atom. The van der Waals surface area contributed by atoms with Crippen molar-refractivity contribution < 1.29 is 4.74 Å². The number of nitrogens with zero attached hydrogens (tertiary/aromatic N) is 1. The van der Waals surface area contributed by atoms with Crippen molar-refractivity contribution in [3.8, 4) is 0 Å². The van der Waals surface area contributed by atoms with Gasteiger partial charge in [-0.2, -0.15) is 0 Å². The Morgan fingerprint density at radius 3 is 2.10 bits per heavy atom. The molecule has 0 radical (unpaired) electrons. The van der Waals surface area contributed by atoms with Gasteiger partial charge < -0.3 is 0 Å². The average molecular weight is 534 g/mol. The molecule has 0 saturated heterocycles. The summed E-state index contributed by atoms with van der Waals surface area (Å²) in [6.07, 6.45) is 13.6. The van der Waals surface area contributed by atoms with Crippen LogP contribution in [0.4, 0.5) is 0 Å². The average Bonchev–Trinajstić information content (AvgIpc) is 3.28. The van der Waals surface area contributed by atoms with Gasteiger partial charge in [-0.05, 0) is 0 Å². The maximum absolute atomic E-state index is 6.09. The van der Waals surface area contributed by atoms with E-state index in [0.717, 1.165) is 24.3 Å². The molecule has 1 aliphatic heterocycles. The molecule has 0 aromatic heterocycles. The number of hydrogen-bond donors (Lipinski definition) is 0. The van der Waals surface area contributed by atoms with Crippen LogP contribution in [-0.4, -0.2) is 36.4 Å². The minimum absolute atomic E-state index is 0.0617. The standard InChI is InChI=1S/C16H22NO.3C4H9.Sn/c1-10-5-6-13-11(2)14(8-7-12(10)13)15-17-16(3,4)9-18-15;3*1-3-4-2;/h8,11-13H,6-7,9H2,1-4H3;3*1,3-4H2,2H3;/t11-,12-,13-;;;;/m0..../s1. The van der Waals surface area contributed by atoms with Crippen LogP contribution in [0.2, 0.25) is 13.3 Å². The first kappa shape index (κ1) is 25.4. The first-order chi connectivity index (χ1) is 14.8. The Morgan fingerprint density at radius 2 is 1.61 bits per heavy atom. The molecule has 0 saturated carbocycles. The predicted octanol–water partition coefficient (Wildman–Crippen LogP) is 8.50. The van der Waals surface area contributed by atoms with Gasteiger partial charge in [0.2, 0.25) is 0 Å². The second-order valence-electron chi connectivity index (χ2n) is 11.4. The monoisotopic (exact) mass is 535 g/mol. The fraction of sp³-hybridized carbons (Fsp3) is 0.821. The summed E-state index contributed by atoms with van der Waals surface area (Å²) < 4.78 is 13.0. The maximum atomic E-state index is 6.09. The van der Waals surface area contributed by atoms with E-state index in [-0.39, 0.29) is 5.54 Å². The first-order valence-electron chi connectivity index (χ1n) is 13.4. The van der Waals surface area contributed by atoms with E-state index < -0.39 is 18.4 Å². The number of rotatable bonds is 11. The van der Waals surface area contributed by atoms with Gasteiger partial charge in [-0.3, -0.25) is 0 Å². The number of unbranched alkanes of at least 4 members (excludes halogenated alkanes) is 3. The number of aliphatic imine (C=N–C) groups is 1. The van der Waals surface area contributed by atoms with Crippen LogP contribution in [0.1, 0.15) is 99.8 Å². The molecule has 31 heavy (non-hydrogen) atoms. The third-order valence-corrected chi connectivity index (χ3v) is 25.2. The fourth-order valence-corrected chi connectivity index (χ4v) is 25.0. The van der Waals surface area contributed by atoms with Crippen LogP contribution in [0.5, 0.6) is 0 Å². The van der Waals surface area contributed by atoms with E-state index >= 15 is 0 Å². The van der Waals surface area contributed by atoms with Gasteiger partial charge in [0.25, 0.3) is 0 Å². The van der Waals surface area contributed by atoms with Crippen molar-refractivity contribution in [3.05, 3.63) is 20.8 Å². The molecule has 2 nitrogen and oxygen atoms in total. The molecule has 0 bridgehead atoms. The molecule has 2 aliphatic carbocycles. The molecular formula is C28H49NOSn. The van der Waals surface area contributed by atoms with Gasteiger partial charge >= 0.3 is 198 Å². The first-order valence-corrected chi connectivity index (χ1v) is 20.9. The van der Waals surface area contributed by atoms with E-state index in [9.17, 15) is 0 Å². The minimum atomic E-state index is -2.33. The SMILES string of the molecule is CCC[CH2][Sn]([CH2]CCC)([CH2]CCC)[C]1=C(C)[C@@H]2CC=C(C3=NC(C)(C)CO3)[C@@H](C)[C@@H]2C1. The Balaban J connectivity index is 1.87. The quantitative estimate of drug-likeness (QED) is 0.244. The van der Waals surface area contributed by atoms with Crippen molar-refractivity contribution in [3.63, 3.8) is 0 Å². The molecule has 3 aliphatic rings. The molecule has 0 aromatic rings. The number of allylic oxidation sites excluding steroid dienone is 3. The molecule has 0 fully saturated rings. The van der Waals surface area contributed by atoms with Crippen molar-refractivity contribution in [2.24, 2.45) is 22.7 Å². The van der Waals surface area contributed by atoms with Crippen LogP contribution >= 0.6 is 0 Å². The molecule has 0 aromatic carbocycles. The summed E-state index contributed by atoms with van der Waals surface area (Å²) in [6.45, 7) is 17.3. The van der Waals surface area contributed by atoms with E-state index in [2.05, 4.69) is 58.1 Å². The number of fused-ring (bicyclic) bond motifs is 1. The van der Waals surface area contributed by atoms with Gasteiger partial charge in [-0.15, -0.1) is 0 Å². The van der Waals surface area contributed by atoms with Crippen LogP contribution in [-0.2, 0) is 4.74 Å². The van der Waals surface area contributed by atoms with Gasteiger partial charge in [0.15, 0.2) is 0 Å². The Bertz CT molecular complexity index is 695. The van der Waals surface area contributed by atoms with Crippen LogP contribution in [0.15, 0.2) is 25.8 Å². The molecule has 0 N–H and O–H groups in total. The number of ether oxygens (including phenoxy) is 1. The molecule has 1 heterocycles. The molecule has 0 spiro atoms. The van der Waals surface area contributed by atoms with Crippen molar-refractivity contribution in [1.82, 2.24) is 0 Å². The second kappa shape index (κ2) is 10.8. The fourth-order valence-electron chi connectivity index (χ4n) is 6.65. The van der Waals surface area contributed by atoms with Gasteiger partial charge in [-0.1, -0.05) is 0 Å². The third-order valence-electron chi connectivity index (χ3n) is 8.59. The van der Waals surface area contributed by atoms with Gasteiger partial charge in [0.1, 0.15) is 0 Å². The van der Waals surface area contributed by atoms with Crippen LogP contribution in [0.25, 0.3) is 0 Å². The van der Waals surface area contributed by atoms with E-state index in [0.29, 0.717) is 5.92 Å². The summed E-state index contributed by atoms with van der Waals surface area (Å²) in [6, 6.07) is 0. The van der Waals surface area contributed by atoms with Gasteiger partial charge in [0, 0.05) is 0 Å². The Kier molecular flexibility index (Phi) is 8.83. The van der Waals surface area contributed by atoms with Crippen molar-refractivity contribution >= 4 is 24.3 Å². The zero-order valence-corrected chi connectivity index (χ0v) is 24.5.